The van der Waals surface area contributed by atoms with Gasteiger partial charge in [-0.1, -0.05) is 0 Å². The lowest BCUT2D eigenvalue weighted by Crippen LogP contribution is -1.90. The van der Waals surface area contributed by atoms with Crippen LogP contribution in [-0.2, 0) is 6.42 Å². The first-order valence-corrected chi connectivity index (χ1v) is 3.04. The van der Waals surface area contributed by atoms with Crippen LogP contribution in [0.5, 0.6) is 5.88 Å². The number of hydrogen-bond donors (Lipinski definition) is 1. The maximum absolute atomic E-state index is 5.18. The number of rotatable bonds is 0. The van der Waals surface area contributed by atoms with Crippen LogP contribution < -0.4 is 4.74 Å². The van der Waals surface area contributed by atoms with Crippen LogP contribution in [0.15, 0.2) is 0 Å². The van der Waals surface area contributed by atoms with Gasteiger partial charge in [0.25, 0.3) is 0 Å². The third kappa shape index (κ3) is 0.542. The molecule has 0 amide bonds. The molecule has 0 radical (unpaired) electrons. The molecule has 48 valence electrons. The third-order valence-corrected chi connectivity index (χ3v) is 1.63. The van der Waals surface area contributed by atoms with Crippen molar-refractivity contribution >= 4 is 0 Å². The average molecular weight is 124 g/mol. The highest BCUT2D eigenvalue weighted by molar-refractivity contribution is 5.32. The Bertz CT molecular complexity index is 229. The summed E-state index contributed by atoms with van der Waals surface area (Å²) in [5, 5.41) is 6.81. The minimum absolute atomic E-state index is 0.799. The molecule has 0 aliphatic carbocycles. The normalized spacial score (nSPS) is 15.2. The maximum Gasteiger partial charge on any atom is 0.236 e. The van der Waals surface area contributed by atoms with Crippen LogP contribution in [-0.4, -0.2) is 16.8 Å². The number of aromatic amines is 1. The largest absolute Gasteiger partial charge is 0.476 e. The molecule has 1 aliphatic rings. The van der Waals surface area contributed by atoms with Crippen LogP contribution in [0.3, 0.4) is 0 Å². The molecule has 1 aromatic rings. The van der Waals surface area contributed by atoms with Gasteiger partial charge < -0.3 is 4.74 Å². The van der Waals surface area contributed by atoms with Gasteiger partial charge in [0.05, 0.1) is 6.61 Å². The van der Waals surface area contributed by atoms with Gasteiger partial charge in [0.2, 0.25) is 5.88 Å². The standard InChI is InChI=1S/C6H8N2O/c1-4-5-2-3-9-6(5)8-7-4/h2-3H2,1H3,(H,7,8). The van der Waals surface area contributed by atoms with E-state index in [1.54, 1.807) is 0 Å². The Kier molecular flexibility index (Phi) is 0.806. The van der Waals surface area contributed by atoms with E-state index in [0.29, 0.717) is 0 Å². The van der Waals surface area contributed by atoms with Crippen molar-refractivity contribution in [1.29, 1.82) is 0 Å². The molecule has 3 heteroatoms. The van der Waals surface area contributed by atoms with Crippen molar-refractivity contribution in [1.82, 2.24) is 10.2 Å². The third-order valence-electron chi connectivity index (χ3n) is 1.63. The number of ether oxygens (including phenoxy) is 1. The van der Waals surface area contributed by atoms with Gasteiger partial charge in [-0.2, -0.15) is 0 Å². The van der Waals surface area contributed by atoms with E-state index in [2.05, 4.69) is 10.2 Å². The first-order valence-electron chi connectivity index (χ1n) is 3.04. The maximum atomic E-state index is 5.18. The quantitative estimate of drug-likeness (QED) is 0.551. The summed E-state index contributed by atoms with van der Waals surface area (Å²) >= 11 is 0. The molecule has 3 nitrogen and oxygen atoms in total. The van der Waals surface area contributed by atoms with Crippen molar-refractivity contribution in [2.45, 2.75) is 13.3 Å². The Morgan fingerprint density at radius 2 is 2.56 bits per heavy atom. The van der Waals surface area contributed by atoms with Crippen LogP contribution >= 0.6 is 0 Å². The molecule has 2 heterocycles. The molecule has 1 aliphatic heterocycles. The van der Waals surface area contributed by atoms with E-state index in [-0.39, 0.29) is 0 Å². The highest BCUT2D eigenvalue weighted by atomic mass is 16.5. The number of H-pyrrole nitrogens is 1. The van der Waals surface area contributed by atoms with E-state index in [1.165, 1.54) is 5.56 Å². The molecule has 0 unspecified atom stereocenters. The van der Waals surface area contributed by atoms with Gasteiger partial charge in [0.15, 0.2) is 0 Å². The summed E-state index contributed by atoms with van der Waals surface area (Å²) in [6.45, 7) is 2.81. The minimum atomic E-state index is 0.799. The second-order valence-corrected chi connectivity index (χ2v) is 2.23. The molecule has 0 saturated carbocycles. The Labute approximate surface area is 53.0 Å². The van der Waals surface area contributed by atoms with Crippen molar-refractivity contribution < 1.29 is 4.74 Å². The van der Waals surface area contributed by atoms with Gasteiger partial charge in [0, 0.05) is 17.7 Å². The average Bonchev–Trinajstić information content (AvgIpc) is 2.35. The van der Waals surface area contributed by atoms with E-state index in [4.69, 9.17) is 4.74 Å². The number of nitrogens with one attached hydrogen (secondary N) is 1. The molecule has 2 rings (SSSR count). The molecule has 0 saturated heterocycles. The van der Waals surface area contributed by atoms with Crippen LogP contribution in [0.25, 0.3) is 0 Å². The molecule has 0 fully saturated rings. The summed E-state index contributed by atoms with van der Waals surface area (Å²) in [5.41, 5.74) is 2.39. The van der Waals surface area contributed by atoms with Crippen LogP contribution in [0.4, 0.5) is 0 Å². The number of hydrogen-bond acceptors (Lipinski definition) is 2. The van der Waals surface area contributed by atoms with Crippen molar-refractivity contribution in [3.8, 4) is 5.88 Å². The Balaban J connectivity index is 2.56. The van der Waals surface area contributed by atoms with Gasteiger partial charge >= 0.3 is 0 Å². The zero-order chi connectivity index (χ0) is 6.27. The monoisotopic (exact) mass is 124 g/mol. The highest BCUT2D eigenvalue weighted by Crippen LogP contribution is 2.23. The zero-order valence-corrected chi connectivity index (χ0v) is 5.27. The molecule has 0 spiro atoms. The second kappa shape index (κ2) is 1.50. The summed E-state index contributed by atoms with van der Waals surface area (Å²) in [4.78, 5) is 0. The fourth-order valence-electron chi connectivity index (χ4n) is 1.09. The molecule has 0 aromatic carbocycles. The first-order chi connectivity index (χ1) is 4.38. The van der Waals surface area contributed by atoms with Crippen molar-refractivity contribution in [3.05, 3.63) is 11.3 Å². The number of aryl methyl sites for hydroxylation is 1. The van der Waals surface area contributed by atoms with Crippen molar-refractivity contribution in [2.75, 3.05) is 6.61 Å². The molecule has 0 atom stereocenters. The molecule has 1 aromatic heterocycles. The summed E-state index contributed by atoms with van der Waals surface area (Å²) in [5.74, 6) is 0.799. The van der Waals surface area contributed by atoms with Crippen molar-refractivity contribution in [3.63, 3.8) is 0 Å². The molecular formula is C6H8N2O. The lowest BCUT2D eigenvalue weighted by molar-refractivity contribution is 0.341. The van der Waals surface area contributed by atoms with Gasteiger partial charge in [-0.05, 0) is 6.92 Å². The van der Waals surface area contributed by atoms with E-state index in [1.807, 2.05) is 6.92 Å². The summed E-state index contributed by atoms with van der Waals surface area (Å²) in [6.07, 6.45) is 1.01. The molecule has 0 bridgehead atoms. The molecular weight excluding hydrogens is 116 g/mol. The summed E-state index contributed by atoms with van der Waals surface area (Å²) in [6, 6.07) is 0. The Morgan fingerprint density at radius 3 is 3.33 bits per heavy atom. The molecule has 1 N–H and O–H groups in total. The Hall–Kier alpha value is -0.990. The van der Waals surface area contributed by atoms with Gasteiger partial charge in [0.1, 0.15) is 0 Å². The fourth-order valence-corrected chi connectivity index (χ4v) is 1.09. The van der Waals surface area contributed by atoms with E-state index < -0.39 is 0 Å². The van der Waals surface area contributed by atoms with Crippen molar-refractivity contribution in [2.24, 2.45) is 0 Å². The minimum Gasteiger partial charge on any atom is -0.476 e. The van der Waals surface area contributed by atoms with Crippen LogP contribution in [0.2, 0.25) is 0 Å². The number of aromatic nitrogens is 2. The predicted octanol–water partition coefficient (Wildman–Crippen LogP) is 0.653. The summed E-state index contributed by atoms with van der Waals surface area (Å²) in [7, 11) is 0. The number of fused-ring (bicyclic) bond motifs is 1. The summed E-state index contributed by atoms with van der Waals surface area (Å²) < 4.78 is 5.18. The first kappa shape index (κ1) is 4.85. The van der Waals surface area contributed by atoms with Crippen LogP contribution in [0, 0.1) is 6.92 Å². The highest BCUT2D eigenvalue weighted by Gasteiger charge is 2.16. The smallest absolute Gasteiger partial charge is 0.236 e. The fraction of sp³-hybridized carbons (Fsp3) is 0.500. The van der Waals surface area contributed by atoms with Gasteiger partial charge in [-0.25, -0.2) is 0 Å². The van der Waals surface area contributed by atoms with E-state index in [9.17, 15) is 0 Å². The lowest BCUT2D eigenvalue weighted by atomic mass is 10.2. The lowest BCUT2D eigenvalue weighted by Gasteiger charge is -1.86. The second-order valence-electron chi connectivity index (χ2n) is 2.23. The zero-order valence-electron chi connectivity index (χ0n) is 5.27. The predicted molar refractivity (Wildman–Crippen MR) is 32.5 cm³/mol. The van der Waals surface area contributed by atoms with Gasteiger partial charge in [-0.15, -0.1) is 5.10 Å². The van der Waals surface area contributed by atoms with Crippen LogP contribution in [0.1, 0.15) is 11.3 Å². The topological polar surface area (TPSA) is 37.9 Å². The SMILES string of the molecule is Cc1[nH]nc2c1CCO2. The Morgan fingerprint density at radius 1 is 1.67 bits per heavy atom. The van der Waals surface area contributed by atoms with E-state index >= 15 is 0 Å². The number of nitrogens with zero attached hydrogens (tertiary/aromatic N) is 1. The van der Waals surface area contributed by atoms with E-state index in [0.717, 1.165) is 24.6 Å². The van der Waals surface area contributed by atoms with Gasteiger partial charge in [-0.3, -0.25) is 5.10 Å². The molecule has 9 heavy (non-hydrogen) atoms.